The van der Waals surface area contributed by atoms with Gasteiger partial charge in [-0.05, 0) is 41.9 Å². The van der Waals surface area contributed by atoms with Crippen molar-refractivity contribution in [3.63, 3.8) is 0 Å². The van der Waals surface area contributed by atoms with Crippen molar-refractivity contribution in [1.29, 1.82) is 0 Å². The minimum atomic E-state index is 0.377. The van der Waals surface area contributed by atoms with Crippen LogP contribution in [0.15, 0.2) is 12.4 Å². The molecule has 3 heteroatoms. The van der Waals surface area contributed by atoms with Crippen LogP contribution in [-0.4, -0.2) is 15.6 Å². The molecule has 0 spiro atoms. The van der Waals surface area contributed by atoms with Crippen LogP contribution in [0.25, 0.3) is 0 Å². The second-order valence-electron chi connectivity index (χ2n) is 8.29. The van der Waals surface area contributed by atoms with E-state index in [1.807, 2.05) is 6.20 Å². The highest BCUT2D eigenvalue weighted by molar-refractivity contribution is 5.33. The summed E-state index contributed by atoms with van der Waals surface area (Å²) < 4.78 is 2.27. The highest BCUT2D eigenvalue weighted by atomic mass is 15.2. The van der Waals surface area contributed by atoms with Crippen LogP contribution in [0.1, 0.15) is 53.9 Å². The van der Waals surface area contributed by atoms with Gasteiger partial charge < -0.3 is 9.88 Å². The molecular weight excluding hydrogens is 246 g/mol. The molecule has 0 saturated heterocycles. The fourth-order valence-electron chi connectivity index (χ4n) is 4.78. The van der Waals surface area contributed by atoms with Crippen LogP contribution in [-0.2, 0) is 6.54 Å². The van der Waals surface area contributed by atoms with E-state index in [1.54, 1.807) is 0 Å². The summed E-state index contributed by atoms with van der Waals surface area (Å²) in [6.45, 7) is 12.9. The normalized spacial score (nSPS) is 34.9. The van der Waals surface area contributed by atoms with Crippen molar-refractivity contribution in [2.24, 2.45) is 22.7 Å². The number of nitrogens with zero attached hydrogens (tertiary/aromatic N) is 2. The molecule has 0 amide bonds. The van der Waals surface area contributed by atoms with Gasteiger partial charge in [0.15, 0.2) is 0 Å². The van der Waals surface area contributed by atoms with Crippen LogP contribution in [0.2, 0.25) is 0 Å². The maximum Gasteiger partial charge on any atom is 0.203 e. The lowest BCUT2D eigenvalue weighted by molar-refractivity contribution is 0.154. The molecule has 3 rings (SSSR count). The quantitative estimate of drug-likeness (QED) is 0.894. The molecule has 0 radical (unpaired) electrons. The SMILES string of the molecule is CC(C)Cn1ccnc1NC1C2(C)CCC(C2)C1(C)C. The van der Waals surface area contributed by atoms with Gasteiger partial charge in [0.1, 0.15) is 0 Å². The molecule has 2 fully saturated rings. The van der Waals surface area contributed by atoms with Gasteiger partial charge in [0, 0.05) is 25.0 Å². The lowest BCUT2D eigenvalue weighted by atomic mass is 9.68. The third kappa shape index (κ3) is 2.06. The van der Waals surface area contributed by atoms with Crippen LogP contribution >= 0.6 is 0 Å². The third-order valence-corrected chi connectivity index (χ3v) is 5.82. The zero-order valence-corrected chi connectivity index (χ0v) is 13.6. The van der Waals surface area contributed by atoms with E-state index < -0.39 is 0 Å². The molecule has 0 aliphatic heterocycles. The molecule has 20 heavy (non-hydrogen) atoms. The van der Waals surface area contributed by atoms with Crippen molar-refractivity contribution < 1.29 is 0 Å². The van der Waals surface area contributed by atoms with Crippen molar-refractivity contribution in [2.75, 3.05) is 5.32 Å². The second kappa shape index (κ2) is 4.51. The van der Waals surface area contributed by atoms with E-state index in [4.69, 9.17) is 0 Å². The summed E-state index contributed by atoms with van der Waals surface area (Å²) in [5.74, 6) is 2.58. The Balaban J connectivity index is 1.83. The van der Waals surface area contributed by atoms with Gasteiger partial charge >= 0.3 is 0 Å². The molecule has 1 heterocycles. The van der Waals surface area contributed by atoms with Gasteiger partial charge in [-0.3, -0.25) is 0 Å². The Hall–Kier alpha value is -0.990. The lowest BCUT2D eigenvalue weighted by Gasteiger charge is -2.43. The Kier molecular flexibility index (Phi) is 3.15. The topological polar surface area (TPSA) is 29.9 Å². The fraction of sp³-hybridized carbons (Fsp3) is 0.824. The lowest BCUT2D eigenvalue weighted by Crippen LogP contribution is -2.46. The smallest absolute Gasteiger partial charge is 0.203 e. The Morgan fingerprint density at radius 2 is 2.15 bits per heavy atom. The number of rotatable bonds is 4. The number of hydrogen-bond acceptors (Lipinski definition) is 2. The van der Waals surface area contributed by atoms with Gasteiger partial charge in [-0.25, -0.2) is 4.98 Å². The van der Waals surface area contributed by atoms with Crippen molar-refractivity contribution in [3.05, 3.63) is 12.4 Å². The predicted molar refractivity (Wildman–Crippen MR) is 83.7 cm³/mol. The number of anilines is 1. The maximum absolute atomic E-state index is 4.56. The zero-order valence-electron chi connectivity index (χ0n) is 13.6. The average molecular weight is 275 g/mol. The molecular formula is C17H29N3. The molecule has 2 saturated carbocycles. The summed E-state index contributed by atoms with van der Waals surface area (Å²) in [4.78, 5) is 4.56. The van der Waals surface area contributed by atoms with Gasteiger partial charge in [-0.15, -0.1) is 0 Å². The highest BCUT2D eigenvalue weighted by Crippen LogP contribution is 2.63. The van der Waals surface area contributed by atoms with Crippen LogP contribution in [0.3, 0.4) is 0 Å². The van der Waals surface area contributed by atoms with Crippen molar-refractivity contribution >= 4 is 5.95 Å². The molecule has 112 valence electrons. The van der Waals surface area contributed by atoms with Crippen molar-refractivity contribution in [3.8, 4) is 0 Å². The van der Waals surface area contributed by atoms with E-state index in [1.165, 1.54) is 19.3 Å². The van der Waals surface area contributed by atoms with E-state index in [-0.39, 0.29) is 0 Å². The van der Waals surface area contributed by atoms with Crippen molar-refractivity contribution in [2.45, 2.75) is 66.5 Å². The van der Waals surface area contributed by atoms with Gasteiger partial charge in [0.05, 0.1) is 0 Å². The van der Waals surface area contributed by atoms with Crippen LogP contribution in [0.5, 0.6) is 0 Å². The Morgan fingerprint density at radius 1 is 1.40 bits per heavy atom. The Bertz CT molecular complexity index is 483. The van der Waals surface area contributed by atoms with Crippen LogP contribution in [0, 0.1) is 22.7 Å². The molecule has 2 aliphatic carbocycles. The molecule has 1 N–H and O–H groups in total. The molecule has 2 bridgehead atoms. The van der Waals surface area contributed by atoms with Gasteiger partial charge in [0.2, 0.25) is 5.95 Å². The molecule has 2 aliphatic rings. The zero-order chi connectivity index (χ0) is 14.5. The molecule has 0 aromatic carbocycles. The molecule has 1 aromatic heterocycles. The summed E-state index contributed by atoms with van der Waals surface area (Å²) in [6, 6.07) is 0.544. The monoisotopic (exact) mass is 275 g/mol. The van der Waals surface area contributed by atoms with E-state index in [0.717, 1.165) is 18.4 Å². The van der Waals surface area contributed by atoms with Gasteiger partial charge in [0.25, 0.3) is 0 Å². The molecule has 1 aromatic rings. The highest BCUT2D eigenvalue weighted by Gasteiger charge is 2.59. The van der Waals surface area contributed by atoms with E-state index >= 15 is 0 Å². The largest absolute Gasteiger partial charge is 0.352 e. The Labute approximate surface area is 123 Å². The summed E-state index contributed by atoms with van der Waals surface area (Å²) in [5, 5.41) is 3.81. The van der Waals surface area contributed by atoms with E-state index in [2.05, 4.69) is 55.7 Å². The number of imidazole rings is 1. The molecule has 3 atom stereocenters. The molecule has 3 unspecified atom stereocenters. The van der Waals surface area contributed by atoms with E-state index in [9.17, 15) is 0 Å². The maximum atomic E-state index is 4.56. The number of fused-ring (bicyclic) bond motifs is 2. The predicted octanol–water partition coefficient (Wildman–Crippen LogP) is 4.17. The first-order valence-electron chi connectivity index (χ1n) is 8.10. The average Bonchev–Trinajstić information content (AvgIpc) is 2.96. The second-order valence-corrected chi connectivity index (χ2v) is 8.29. The minimum absolute atomic E-state index is 0.377. The summed E-state index contributed by atoms with van der Waals surface area (Å²) >= 11 is 0. The first-order valence-corrected chi connectivity index (χ1v) is 8.10. The number of hydrogen-bond donors (Lipinski definition) is 1. The fourth-order valence-corrected chi connectivity index (χ4v) is 4.78. The summed E-state index contributed by atoms with van der Waals surface area (Å²) in [7, 11) is 0. The minimum Gasteiger partial charge on any atom is -0.352 e. The number of nitrogens with one attached hydrogen (secondary N) is 1. The summed E-state index contributed by atoms with van der Waals surface area (Å²) in [6.07, 6.45) is 8.17. The first kappa shape index (κ1) is 14.0. The first-order chi connectivity index (χ1) is 9.33. The Morgan fingerprint density at radius 3 is 2.75 bits per heavy atom. The summed E-state index contributed by atoms with van der Waals surface area (Å²) in [5.41, 5.74) is 0.824. The van der Waals surface area contributed by atoms with E-state index in [0.29, 0.717) is 22.8 Å². The van der Waals surface area contributed by atoms with Crippen LogP contribution in [0.4, 0.5) is 5.95 Å². The number of aromatic nitrogens is 2. The van der Waals surface area contributed by atoms with Gasteiger partial charge in [-0.1, -0.05) is 34.6 Å². The van der Waals surface area contributed by atoms with Crippen molar-refractivity contribution in [1.82, 2.24) is 9.55 Å². The van der Waals surface area contributed by atoms with Crippen LogP contribution < -0.4 is 5.32 Å². The molecule has 3 nitrogen and oxygen atoms in total. The standard InChI is InChI=1S/C17H29N3/c1-12(2)11-20-9-8-18-15(20)19-14-16(3,4)13-6-7-17(14,5)10-13/h8-9,12-14H,6-7,10-11H2,1-5H3,(H,18,19). The third-order valence-electron chi connectivity index (χ3n) is 5.82. The van der Waals surface area contributed by atoms with Gasteiger partial charge in [-0.2, -0.15) is 0 Å².